The van der Waals surface area contributed by atoms with Gasteiger partial charge in [0.05, 0.1) is 14.2 Å². The number of hydrogen-bond acceptors (Lipinski definition) is 3. The number of benzene rings is 2. The Hall–Kier alpha value is -2.20. The SMILES string of the molecule is COc1cccc(CN(C)C(=O)c2ccc(Cl)cc2)c1OC. The van der Waals surface area contributed by atoms with Gasteiger partial charge in [0.2, 0.25) is 0 Å². The smallest absolute Gasteiger partial charge is 0.253 e. The van der Waals surface area contributed by atoms with Gasteiger partial charge in [-0.2, -0.15) is 0 Å². The van der Waals surface area contributed by atoms with Crippen LogP contribution < -0.4 is 9.47 Å². The lowest BCUT2D eigenvalue weighted by Gasteiger charge is -2.20. The fourth-order valence-corrected chi connectivity index (χ4v) is 2.34. The molecule has 0 saturated carbocycles. The van der Waals surface area contributed by atoms with E-state index in [1.165, 1.54) is 0 Å². The first kappa shape index (κ1) is 16.2. The van der Waals surface area contributed by atoms with Crippen LogP contribution in [0.1, 0.15) is 15.9 Å². The van der Waals surface area contributed by atoms with Crippen molar-refractivity contribution >= 4 is 17.5 Å². The number of methoxy groups -OCH3 is 2. The molecule has 5 heteroatoms. The molecule has 0 atom stereocenters. The molecule has 0 aromatic heterocycles. The van der Waals surface area contributed by atoms with Crippen LogP contribution in [0.25, 0.3) is 0 Å². The van der Waals surface area contributed by atoms with E-state index in [0.29, 0.717) is 28.6 Å². The first-order chi connectivity index (χ1) is 10.6. The van der Waals surface area contributed by atoms with E-state index in [0.717, 1.165) is 5.56 Å². The topological polar surface area (TPSA) is 38.8 Å². The van der Waals surface area contributed by atoms with Crippen molar-refractivity contribution in [3.63, 3.8) is 0 Å². The number of para-hydroxylation sites is 1. The second-order valence-corrected chi connectivity index (χ2v) is 5.26. The van der Waals surface area contributed by atoms with Gasteiger partial charge in [0.1, 0.15) is 0 Å². The molecule has 0 bridgehead atoms. The quantitative estimate of drug-likeness (QED) is 0.844. The predicted molar refractivity (Wildman–Crippen MR) is 86.8 cm³/mol. The summed E-state index contributed by atoms with van der Waals surface area (Å²) in [6.45, 7) is 0.418. The highest BCUT2D eigenvalue weighted by Gasteiger charge is 2.16. The van der Waals surface area contributed by atoms with Crippen LogP contribution in [0.3, 0.4) is 0 Å². The fraction of sp³-hybridized carbons (Fsp3) is 0.235. The van der Waals surface area contributed by atoms with Crippen molar-refractivity contribution < 1.29 is 14.3 Å². The molecule has 0 aliphatic carbocycles. The van der Waals surface area contributed by atoms with Crippen LogP contribution in [-0.4, -0.2) is 32.1 Å². The maximum Gasteiger partial charge on any atom is 0.253 e. The molecule has 0 aliphatic rings. The summed E-state index contributed by atoms with van der Waals surface area (Å²) < 4.78 is 10.7. The Kier molecular flexibility index (Phi) is 5.28. The Morgan fingerprint density at radius 2 is 1.77 bits per heavy atom. The summed E-state index contributed by atoms with van der Waals surface area (Å²) in [6, 6.07) is 12.4. The van der Waals surface area contributed by atoms with Crippen molar-refractivity contribution in [1.29, 1.82) is 0 Å². The molecule has 0 aliphatic heterocycles. The number of ether oxygens (including phenoxy) is 2. The highest BCUT2D eigenvalue weighted by Crippen LogP contribution is 2.31. The van der Waals surface area contributed by atoms with E-state index in [4.69, 9.17) is 21.1 Å². The first-order valence-corrected chi connectivity index (χ1v) is 7.15. The highest BCUT2D eigenvalue weighted by atomic mass is 35.5. The molecule has 0 N–H and O–H groups in total. The largest absolute Gasteiger partial charge is 0.493 e. The highest BCUT2D eigenvalue weighted by molar-refractivity contribution is 6.30. The Balaban J connectivity index is 2.20. The molecule has 0 unspecified atom stereocenters. The number of carbonyl (C=O) groups is 1. The van der Waals surface area contributed by atoms with Crippen LogP contribution in [0.4, 0.5) is 0 Å². The average Bonchev–Trinajstić information content (AvgIpc) is 2.54. The van der Waals surface area contributed by atoms with Crippen LogP contribution in [0, 0.1) is 0 Å². The number of hydrogen-bond donors (Lipinski definition) is 0. The van der Waals surface area contributed by atoms with Crippen molar-refractivity contribution in [2.24, 2.45) is 0 Å². The maximum absolute atomic E-state index is 12.4. The van der Waals surface area contributed by atoms with Gasteiger partial charge in [-0.05, 0) is 30.3 Å². The molecule has 2 aromatic carbocycles. The Morgan fingerprint density at radius 1 is 1.09 bits per heavy atom. The third-order valence-electron chi connectivity index (χ3n) is 3.33. The van der Waals surface area contributed by atoms with Crippen molar-refractivity contribution in [2.75, 3.05) is 21.3 Å². The normalized spacial score (nSPS) is 10.2. The monoisotopic (exact) mass is 319 g/mol. The molecule has 2 rings (SSSR count). The lowest BCUT2D eigenvalue weighted by atomic mass is 10.1. The number of nitrogens with zero attached hydrogens (tertiary/aromatic N) is 1. The summed E-state index contributed by atoms with van der Waals surface area (Å²) in [5.74, 6) is 1.20. The molecular formula is C17H18ClNO3. The zero-order valence-corrected chi connectivity index (χ0v) is 13.6. The Labute approximate surface area is 135 Å². The van der Waals surface area contributed by atoms with E-state index in [-0.39, 0.29) is 5.91 Å². The molecule has 0 heterocycles. The number of halogens is 1. The van der Waals surface area contributed by atoms with Crippen molar-refractivity contribution in [2.45, 2.75) is 6.54 Å². The van der Waals surface area contributed by atoms with E-state index in [1.54, 1.807) is 50.4 Å². The molecule has 1 amide bonds. The summed E-state index contributed by atoms with van der Waals surface area (Å²) in [5, 5.41) is 0.605. The molecule has 22 heavy (non-hydrogen) atoms. The summed E-state index contributed by atoms with van der Waals surface area (Å²) in [7, 11) is 4.92. The van der Waals surface area contributed by atoms with E-state index in [1.807, 2.05) is 18.2 Å². The van der Waals surface area contributed by atoms with Crippen molar-refractivity contribution in [3.05, 3.63) is 58.6 Å². The molecule has 4 nitrogen and oxygen atoms in total. The first-order valence-electron chi connectivity index (χ1n) is 6.77. The molecule has 0 saturated heterocycles. The summed E-state index contributed by atoms with van der Waals surface area (Å²) >= 11 is 5.84. The molecule has 2 aromatic rings. The van der Waals surface area contributed by atoms with E-state index in [9.17, 15) is 4.79 Å². The minimum absolute atomic E-state index is 0.0819. The maximum atomic E-state index is 12.4. The van der Waals surface area contributed by atoms with Crippen LogP contribution in [0.2, 0.25) is 5.02 Å². The Bertz CT molecular complexity index is 655. The predicted octanol–water partition coefficient (Wildman–Crippen LogP) is 3.63. The van der Waals surface area contributed by atoms with Crippen molar-refractivity contribution in [1.82, 2.24) is 4.90 Å². The molecule has 116 valence electrons. The lowest BCUT2D eigenvalue weighted by molar-refractivity contribution is 0.0784. The molecule has 0 spiro atoms. The lowest BCUT2D eigenvalue weighted by Crippen LogP contribution is -2.26. The van der Waals surface area contributed by atoms with Crippen LogP contribution >= 0.6 is 11.6 Å². The van der Waals surface area contributed by atoms with Gasteiger partial charge in [0.15, 0.2) is 11.5 Å². The van der Waals surface area contributed by atoms with E-state index < -0.39 is 0 Å². The zero-order valence-electron chi connectivity index (χ0n) is 12.8. The third kappa shape index (κ3) is 3.52. The van der Waals surface area contributed by atoms with Gasteiger partial charge in [0.25, 0.3) is 5.91 Å². The van der Waals surface area contributed by atoms with Gasteiger partial charge < -0.3 is 14.4 Å². The molecule has 0 radical (unpaired) electrons. The van der Waals surface area contributed by atoms with Crippen molar-refractivity contribution in [3.8, 4) is 11.5 Å². The van der Waals surface area contributed by atoms with Gasteiger partial charge in [-0.1, -0.05) is 23.7 Å². The Morgan fingerprint density at radius 3 is 2.36 bits per heavy atom. The van der Waals surface area contributed by atoms with Gasteiger partial charge in [-0.15, -0.1) is 0 Å². The van der Waals surface area contributed by atoms with Crippen LogP contribution in [0.15, 0.2) is 42.5 Å². The van der Waals surface area contributed by atoms with Gasteiger partial charge in [-0.25, -0.2) is 0 Å². The van der Waals surface area contributed by atoms with E-state index >= 15 is 0 Å². The van der Waals surface area contributed by atoms with E-state index in [2.05, 4.69) is 0 Å². The van der Waals surface area contributed by atoms with Gasteiger partial charge in [0, 0.05) is 29.7 Å². The minimum atomic E-state index is -0.0819. The number of amides is 1. The van der Waals surface area contributed by atoms with Crippen LogP contribution in [-0.2, 0) is 6.54 Å². The average molecular weight is 320 g/mol. The number of carbonyl (C=O) groups excluding carboxylic acids is 1. The third-order valence-corrected chi connectivity index (χ3v) is 3.58. The summed E-state index contributed by atoms with van der Waals surface area (Å²) in [5.41, 5.74) is 1.47. The second-order valence-electron chi connectivity index (χ2n) is 4.82. The van der Waals surface area contributed by atoms with Crippen LogP contribution in [0.5, 0.6) is 11.5 Å². The minimum Gasteiger partial charge on any atom is -0.493 e. The number of rotatable bonds is 5. The van der Waals surface area contributed by atoms with Gasteiger partial charge >= 0.3 is 0 Å². The zero-order chi connectivity index (χ0) is 16.1. The molecular weight excluding hydrogens is 302 g/mol. The second kappa shape index (κ2) is 7.18. The summed E-state index contributed by atoms with van der Waals surface area (Å²) in [4.78, 5) is 14.1. The van der Waals surface area contributed by atoms with Gasteiger partial charge in [-0.3, -0.25) is 4.79 Å². The molecule has 0 fully saturated rings. The summed E-state index contributed by atoms with van der Waals surface area (Å²) in [6.07, 6.45) is 0. The standard InChI is InChI=1S/C17H18ClNO3/c1-19(17(20)12-7-9-14(18)10-8-12)11-13-5-4-6-15(21-2)16(13)22-3/h4-10H,11H2,1-3H3. The fourth-order valence-electron chi connectivity index (χ4n) is 2.22.